The quantitative estimate of drug-likeness (QED) is 0.579. The summed E-state index contributed by atoms with van der Waals surface area (Å²) in [6, 6.07) is 8.91. The van der Waals surface area contributed by atoms with E-state index < -0.39 is 0 Å². The predicted molar refractivity (Wildman–Crippen MR) is 57.2 cm³/mol. The van der Waals surface area contributed by atoms with Crippen molar-refractivity contribution in [3.63, 3.8) is 0 Å². The van der Waals surface area contributed by atoms with Crippen LogP contribution in [0.1, 0.15) is 10.4 Å². The van der Waals surface area contributed by atoms with E-state index in [1.807, 2.05) is 6.07 Å². The molecule has 0 heterocycles. The van der Waals surface area contributed by atoms with Crippen LogP contribution in [0.5, 0.6) is 0 Å². The summed E-state index contributed by atoms with van der Waals surface area (Å²) in [4.78, 5) is 21.5. The van der Waals surface area contributed by atoms with Gasteiger partial charge in [-0.3, -0.25) is 9.80 Å². The third-order valence-electron chi connectivity index (χ3n) is 1.90. The van der Waals surface area contributed by atoms with Gasteiger partial charge in [-0.1, -0.05) is 18.2 Å². The number of hydrogen-bond donors (Lipinski definition) is 1. The lowest BCUT2D eigenvalue weighted by atomic mass is 10.2. The molecule has 1 aromatic carbocycles. The van der Waals surface area contributed by atoms with Crippen LogP contribution in [0, 0.1) is 4.91 Å². The van der Waals surface area contributed by atoms with Gasteiger partial charge in [0.2, 0.25) is 0 Å². The van der Waals surface area contributed by atoms with Crippen molar-refractivity contribution in [1.29, 1.82) is 0 Å². The van der Waals surface area contributed by atoms with E-state index in [2.05, 4.69) is 10.6 Å². The topological polar surface area (TPSA) is 61.8 Å². The molecule has 0 fully saturated rings. The zero-order valence-electron chi connectivity index (χ0n) is 8.51. The molecule has 0 saturated heterocycles. The smallest absolute Gasteiger partial charge is 0.251 e. The molecule has 0 aliphatic rings. The molecule has 1 rings (SSSR count). The Morgan fingerprint density at radius 1 is 1.40 bits per heavy atom. The van der Waals surface area contributed by atoms with Gasteiger partial charge in [0.05, 0.1) is 11.8 Å². The van der Waals surface area contributed by atoms with Crippen molar-refractivity contribution >= 4 is 5.91 Å². The second-order valence-electron chi connectivity index (χ2n) is 3.08. The van der Waals surface area contributed by atoms with Crippen molar-refractivity contribution in [3.8, 4) is 0 Å². The largest absolute Gasteiger partial charge is 0.350 e. The molecule has 1 amide bonds. The Labute approximate surface area is 88.0 Å². The molecule has 5 heteroatoms. The Kier molecular flexibility index (Phi) is 4.28. The summed E-state index contributed by atoms with van der Waals surface area (Å²) in [7, 11) is 1.56. The highest BCUT2D eigenvalue weighted by Crippen LogP contribution is 1.97. The van der Waals surface area contributed by atoms with Crippen LogP contribution in [0.25, 0.3) is 0 Å². The number of nitrogens with one attached hydrogen (secondary N) is 1. The van der Waals surface area contributed by atoms with Crippen LogP contribution in [0.3, 0.4) is 0 Å². The number of benzene rings is 1. The highest BCUT2D eigenvalue weighted by molar-refractivity contribution is 5.94. The molecule has 0 spiro atoms. The maximum atomic E-state index is 11.5. The highest BCUT2D eigenvalue weighted by atomic mass is 16.3. The second-order valence-corrected chi connectivity index (χ2v) is 3.08. The Balaban J connectivity index is 2.34. The minimum absolute atomic E-state index is 0.144. The number of carbonyl (C=O) groups is 1. The lowest BCUT2D eigenvalue weighted by Gasteiger charge is -2.09. The number of likely N-dealkylation sites (N-methyl/N-ethyl adjacent to an activating group) is 1. The fraction of sp³-hybridized carbons (Fsp3) is 0.300. The number of hydrogen-bond acceptors (Lipinski definition) is 3. The van der Waals surface area contributed by atoms with E-state index in [9.17, 15) is 9.70 Å². The molecule has 0 bridgehead atoms. The lowest BCUT2D eigenvalue weighted by molar-refractivity contribution is 0.0950. The van der Waals surface area contributed by atoms with E-state index in [-0.39, 0.29) is 5.91 Å². The van der Waals surface area contributed by atoms with E-state index in [0.29, 0.717) is 18.7 Å². The van der Waals surface area contributed by atoms with Crippen molar-refractivity contribution in [3.05, 3.63) is 40.8 Å². The van der Waals surface area contributed by atoms with Crippen molar-refractivity contribution in [2.24, 2.45) is 5.29 Å². The zero-order valence-corrected chi connectivity index (χ0v) is 8.51. The van der Waals surface area contributed by atoms with Crippen molar-refractivity contribution in [2.75, 3.05) is 20.1 Å². The van der Waals surface area contributed by atoms with Gasteiger partial charge in [-0.15, -0.1) is 4.91 Å². The van der Waals surface area contributed by atoms with Gasteiger partial charge < -0.3 is 5.32 Å². The third kappa shape index (κ3) is 3.76. The fourth-order valence-corrected chi connectivity index (χ4v) is 1.06. The predicted octanol–water partition coefficient (Wildman–Crippen LogP) is 1.03. The molecule has 80 valence electrons. The van der Waals surface area contributed by atoms with Crippen molar-refractivity contribution < 1.29 is 4.79 Å². The molecule has 0 aromatic heterocycles. The normalized spacial score (nSPS) is 9.40. The summed E-state index contributed by atoms with van der Waals surface area (Å²) in [6.07, 6.45) is 0. The molecule has 1 N–H and O–H groups in total. The molecular weight excluding hydrogens is 194 g/mol. The molecule has 0 aliphatic heterocycles. The molecule has 15 heavy (non-hydrogen) atoms. The Morgan fingerprint density at radius 3 is 2.67 bits per heavy atom. The van der Waals surface area contributed by atoms with Gasteiger partial charge in [-0.2, -0.15) is 0 Å². The molecule has 0 atom stereocenters. The third-order valence-corrected chi connectivity index (χ3v) is 1.90. The van der Waals surface area contributed by atoms with Gasteiger partial charge in [0.1, 0.15) is 0 Å². The van der Waals surface area contributed by atoms with Gasteiger partial charge in [0, 0.05) is 19.2 Å². The molecule has 1 aromatic rings. The van der Waals surface area contributed by atoms with Crippen LogP contribution in [0.2, 0.25) is 0 Å². The summed E-state index contributed by atoms with van der Waals surface area (Å²) in [5.41, 5.74) is 0.610. The van der Waals surface area contributed by atoms with Gasteiger partial charge in [-0.25, -0.2) is 0 Å². The lowest BCUT2D eigenvalue weighted by Crippen LogP contribution is -2.30. The van der Waals surface area contributed by atoms with Crippen molar-refractivity contribution in [2.45, 2.75) is 0 Å². The Bertz CT molecular complexity index is 327. The van der Waals surface area contributed by atoms with Crippen LogP contribution < -0.4 is 5.32 Å². The minimum atomic E-state index is -0.144. The maximum Gasteiger partial charge on any atom is 0.251 e. The molecule has 0 unspecified atom stereocenters. The van der Waals surface area contributed by atoms with Crippen LogP contribution in [0.4, 0.5) is 0 Å². The van der Waals surface area contributed by atoms with E-state index in [1.165, 1.54) is 5.01 Å². The van der Waals surface area contributed by atoms with Crippen LogP contribution >= 0.6 is 0 Å². The standard InChI is InChI=1S/C10H13N3O2/c1-13(12-15)8-7-11-10(14)9-5-3-2-4-6-9/h2-6H,7-8H2,1H3,(H,11,14). The summed E-state index contributed by atoms with van der Waals surface area (Å²) < 4.78 is 0. The van der Waals surface area contributed by atoms with Gasteiger partial charge in [0.25, 0.3) is 5.91 Å². The van der Waals surface area contributed by atoms with E-state index >= 15 is 0 Å². The first-order chi connectivity index (χ1) is 7.24. The van der Waals surface area contributed by atoms with E-state index in [1.54, 1.807) is 31.3 Å². The fourth-order valence-electron chi connectivity index (χ4n) is 1.06. The average molecular weight is 207 g/mol. The first-order valence-corrected chi connectivity index (χ1v) is 4.61. The Hall–Kier alpha value is -1.91. The first kappa shape index (κ1) is 11.2. The number of nitrogens with zero attached hydrogens (tertiary/aromatic N) is 2. The summed E-state index contributed by atoms with van der Waals surface area (Å²) in [5, 5.41) is 6.60. The zero-order chi connectivity index (χ0) is 11.1. The highest BCUT2D eigenvalue weighted by Gasteiger charge is 2.03. The monoisotopic (exact) mass is 207 g/mol. The second kappa shape index (κ2) is 5.74. The van der Waals surface area contributed by atoms with E-state index in [4.69, 9.17) is 0 Å². The van der Waals surface area contributed by atoms with Crippen LogP contribution in [0.15, 0.2) is 35.6 Å². The van der Waals surface area contributed by atoms with Crippen LogP contribution in [-0.2, 0) is 0 Å². The summed E-state index contributed by atoms with van der Waals surface area (Å²) in [5.74, 6) is -0.144. The molecular formula is C10H13N3O2. The van der Waals surface area contributed by atoms with Gasteiger partial charge >= 0.3 is 0 Å². The molecule has 0 radical (unpaired) electrons. The molecule has 5 nitrogen and oxygen atoms in total. The van der Waals surface area contributed by atoms with Gasteiger partial charge in [0.15, 0.2) is 0 Å². The minimum Gasteiger partial charge on any atom is -0.350 e. The first-order valence-electron chi connectivity index (χ1n) is 4.61. The molecule has 0 aliphatic carbocycles. The number of carbonyl (C=O) groups excluding carboxylic acids is 1. The SMILES string of the molecule is CN(CCNC(=O)c1ccccc1)N=O. The van der Waals surface area contributed by atoms with Crippen molar-refractivity contribution in [1.82, 2.24) is 10.3 Å². The van der Waals surface area contributed by atoms with Gasteiger partial charge in [-0.05, 0) is 12.1 Å². The Morgan fingerprint density at radius 2 is 2.07 bits per heavy atom. The number of amides is 1. The summed E-state index contributed by atoms with van der Waals surface area (Å²) in [6.45, 7) is 0.804. The maximum absolute atomic E-state index is 11.5. The van der Waals surface area contributed by atoms with Crippen LogP contribution in [-0.4, -0.2) is 31.1 Å². The summed E-state index contributed by atoms with van der Waals surface area (Å²) >= 11 is 0. The number of rotatable bonds is 5. The average Bonchev–Trinajstić information content (AvgIpc) is 2.29. The van der Waals surface area contributed by atoms with E-state index in [0.717, 1.165) is 0 Å². The molecule has 0 saturated carbocycles. The number of nitroso groups, excluding NO2 is 1.